The molecule has 0 atom stereocenters. The van der Waals surface area contributed by atoms with Crippen LogP contribution in [0.1, 0.15) is 30.7 Å². The number of rotatable bonds is 0. The molecule has 0 radical (unpaired) electrons. The molecule has 7 heteroatoms. The lowest BCUT2D eigenvalue weighted by Crippen LogP contribution is -2.13. The third kappa shape index (κ3) is 2.98. The summed E-state index contributed by atoms with van der Waals surface area (Å²) in [5, 5.41) is 0.00611. The van der Waals surface area contributed by atoms with Crippen LogP contribution in [0.4, 0.5) is 17.6 Å². The highest BCUT2D eigenvalue weighted by atomic mass is 32.1. The molecule has 0 aliphatic rings. The van der Waals surface area contributed by atoms with E-state index in [9.17, 15) is 17.6 Å². The SMILES string of the molecule is CC.Cc1c(C(F)(F)F)nc2[nH]c(=S)c(C)cc2c1F. The summed E-state index contributed by atoms with van der Waals surface area (Å²) in [6, 6.07) is 1.39. The monoisotopic (exact) mass is 306 g/mol. The van der Waals surface area contributed by atoms with Gasteiger partial charge in [0.25, 0.3) is 0 Å². The second kappa shape index (κ2) is 5.87. The molecule has 2 rings (SSSR count). The van der Waals surface area contributed by atoms with Gasteiger partial charge in [-0.1, -0.05) is 26.1 Å². The number of halogens is 4. The molecule has 0 bridgehead atoms. The Balaban J connectivity index is 0.000000956. The maximum Gasteiger partial charge on any atom is 0.433 e. The highest BCUT2D eigenvalue weighted by Crippen LogP contribution is 2.33. The molecule has 0 aromatic carbocycles. The molecule has 0 aliphatic heterocycles. The fraction of sp³-hybridized carbons (Fsp3) is 0.385. The number of nitrogens with zero attached hydrogens (tertiary/aromatic N) is 1. The molecule has 2 aromatic rings. The minimum absolute atomic E-state index is 0.00611. The number of H-pyrrole nitrogens is 1. The summed E-state index contributed by atoms with van der Waals surface area (Å²) in [7, 11) is 0. The lowest BCUT2D eigenvalue weighted by atomic mass is 10.1. The van der Waals surface area contributed by atoms with Gasteiger partial charge in [0.1, 0.15) is 16.1 Å². The summed E-state index contributed by atoms with van der Waals surface area (Å²) in [6.07, 6.45) is -4.69. The van der Waals surface area contributed by atoms with Crippen molar-refractivity contribution in [2.24, 2.45) is 0 Å². The first-order valence-corrected chi connectivity index (χ1v) is 6.39. The summed E-state index contributed by atoms with van der Waals surface area (Å²) in [4.78, 5) is 5.92. The highest BCUT2D eigenvalue weighted by Gasteiger charge is 2.36. The molecule has 2 aromatic heterocycles. The van der Waals surface area contributed by atoms with Gasteiger partial charge in [-0.2, -0.15) is 13.2 Å². The van der Waals surface area contributed by atoms with E-state index in [-0.39, 0.29) is 15.7 Å². The lowest BCUT2D eigenvalue weighted by Gasteiger charge is -2.12. The van der Waals surface area contributed by atoms with Crippen LogP contribution in [0.2, 0.25) is 0 Å². The Labute approximate surface area is 118 Å². The van der Waals surface area contributed by atoms with E-state index < -0.39 is 23.3 Å². The summed E-state index contributed by atoms with van der Waals surface area (Å²) >= 11 is 4.89. The summed E-state index contributed by atoms with van der Waals surface area (Å²) < 4.78 is 52.2. The van der Waals surface area contributed by atoms with Crippen molar-refractivity contribution in [3.05, 3.63) is 33.3 Å². The first-order valence-electron chi connectivity index (χ1n) is 5.98. The second-order valence-corrected chi connectivity index (χ2v) is 4.35. The topological polar surface area (TPSA) is 28.7 Å². The zero-order valence-corrected chi connectivity index (χ0v) is 12.3. The van der Waals surface area contributed by atoms with E-state index in [2.05, 4.69) is 9.97 Å². The van der Waals surface area contributed by atoms with Gasteiger partial charge in [-0.3, -0.25) is 0 Å². The normalized spacial score (nSPS) is 11.2. The van der Waals surface area contributed by atoms with E-state index in [1.54, 1.807) is 6.92 Å². The number of aromatic amines is 1. The van der Waals surface area contributed by atoms with E-state index >= 15 is 0 Å². The van der Waals surface area contributed by atoms with Crippen molar-refractivity contribution < 1.29 is 17.6 Å². The van der Waals surface area contributed by atoms with Gasteiger partial charge in [0, 0.05) is 5.56 Å². The number of alkyl halides is 3. The number of aryl methyl sites for hydroxylation is 1. The highest BCUT2D eigenvalue weighted by molar-refractivity contribution is 7.71. The molecule has 2 nitrogen and oxygen atoms in total. The van der Waals surface area contributed by atoms with Gasteiger partial charge in [0.15, 0.2) is 5.69 Å². The summed E-state index contributed by atoms with van der Waals surface area (Å²) in [5.41, 5.74) is -1.36. The lowest BCUT2D eigenvalue weighted by molar-refractivity contribution is -0.141. The molecule has 0 saturated carbocycles. The van der Waals surface area contributed by atoms with E-state index in [0.717, 1.165) is 6.92 Å². The van der Waals surface area contributed by atoms with Crippen LogP contribution >= 0.6 is 12.2 Å². The van der Waals surface area contributed by atoms with Crippen LogP contribution in [0.3, 0.4) is 0 Å². The van der Waals surface area contributed by atoms with Crippen molar-refractivity contribution in [2.75, 3.05) is 0 Å². The number of hydrogen-bond acceptors (Lipinski definition) is 2. The van der Waals surface area contributed by atoms with Crippen molar-refractivity contribution in [1.29, 1.82) is 0 Å². The van der Waals surface area contributed by atoms with Crippen molar-refractivity contribution >= 4 is 23.3 Å². The number of fused-ring (bicyclic) bond motifs is 1. The largest absolute Gasteiger partial charge is 0.433 e. The molecule has 0 unspecified atom stereocenters. The second-order valence-electron chi connectivity index (χ2n) is 3.94. The third-order valence-electron chi connectivity index (χ3n) is 2.62. The smallest absolute Gasteiger partial charge is 0.330 e. The van der Waals surface area contributed by atoms with Crippen molar-refractivity contribution in [1.82, 2.24) is 9.97 Å². The minimum Gasteiger partial charge on any atom is -0.330 e. The fourth-order valence-corrected chi connectivity index (χ4v) is 1.81. The minimum atomic E-state index is -4.69. The number of hydrogen-bond donors (Lipinski definition) is 1. The molecule has 110 valence electrons. The zero-order valence-electron chi connectivity index (χ0n) is 11.4. The molecule has 0 fully saturated rings. The molecular formula is C13H14F4N2S. The molecule has 2 heterocycles. The van der Waals surface area contributed by atoms with E-state index in [1.807, 2.05) is 13.8 Å². The average Bonchev–Trinajstić information content (AvgIpc) is 2.37. The number of aromatic nitrogens is 2. The van der Waals surface area contributed by atoms with E-state index in [0.29, 0.717) is 5.56 Å². The van der Waals surface area contributed by atoms with Crippen molar-refractivity contribution in [3.8, 4) is 0 Å². The van der Waals surface area contributed by atoms with Crippen LogP contribution in [-0.4, -0.2) is 9.97 Å². The Bertz CT molecular complexity index is 689. The quantitative estimate of drug-likeness (QED) is 0.542. The molecular weight excluding hydrogens is 292 g/mol. The molecule has 0 saturated heterocycles. The number of pyridine rings is 2. The van der Waals surface area contributed by atoms with Crippen LogP contribution in [0.15, 0.2) is 6.07 Å². The molecule has 20 heavy (non-hydrogen) atoms. The van der Waals surface area contributed by atoms with Gasteiger partial charge in [-0.15, -0.1) is 0 Å². The first-order chi connectivity index (χ1) is 9.21. The maximum absolute atomic E-state index is 13.9. The molecule has 0 spiro atoms. The van der Waals surface area contributed by atoms with Gasteiger partial charge >= 0.3 is 6.18 Å². The first kappa shape index (κ1) is 16.6. The van der Waals surface area contributed by atoms with Gasteiger partial charge in [0.2, 0.25) is 0 Å². The van der Waals surface area contributed by atoms with E-state index in [1.165, 1.54) is 6.07 Å². The van der Waals surface area contributed by atoms with Crippen LogP contribution in [0.25, 0.3) is 11.0 Å². The zero-order chi connectivity index (χ0) is 15.7. The molecule has 1 N–H and O–H groups in total. The molecule has 0 amide bonds. The van der Waals surface area contributed by atoms with Crippen LogP contribution < -0.4 is 0 Å². The Morgan fingerprint density at radius 1 is 1.20 bits per heavy atom. The number of nitrogens with one attached hydrogen (secondary N) is 1. The Morgan fingerprint density at radius 3 is 2.25 bits per heavy atom. The Morgan fingerprint density at radius 2 is 1.75 bits per heavy atom. The summed E-state index contributed by atoms with van der Waals surface area (Å²) in [6.45, 7) is 6.70. The standard InChI is InChI=1S/C11H8F4N2S.C2H6/c1-4-3-6-7(12)5(2)8(11(13,14)15)16-9(6)17-10(4)18;1-2/h3H,1-2H3,(H,16,17,18);1-2H3. The van der Waals surface area contributed by atoms with E-state index in [4.69, 9.17) is 12.2 Å². The predicted octanol–water partition coefficient (Wildman–Crippen LogP) is 5.09. The van der Waals surface area contributed by atoms with Gasteiger partial charge in [-0.25, -0.2) is 9.37 Å². The fourth-order valence-electron chi connectivity index (χ4n) is 1.66. The van der Waals surface area contributed by atoms with Crippen molar-refractivity contribution in [2.45, 2.75) is 33.9 Å². The average molecular weight is 306 g/mol. The van der Waals surface area contributed by atoms with Crippen molar-refractivity contribution in [3.63, 3.8) is 0 Å². The van der Waals surface area contributed by atoms with Gasteiger partial charge in [-0.05, 0) is 25.5 Å². The summed E-state index contributed by atoms with van der Waals surface area (Å²) in [5.74, 6) is -0.929. The maximum atomic E-state index is 13.9. The van der Waals surface area contributed by atoms with Gasteiger partial charge in [0.05, 0.1) is 5.39 Å². The van der Waals surface area contributed by atoms with Crippen LogP contribution in [0.5, 0.6) is 0 Å². The predicted molar refractivity (Wildman–Crippen MR) is 72.7 cm³/mol. The Hall–Kier alpha value is -1.50. The van der Waals surface area contributed by atoms with Crippen LogP contribution in [0, 0.1) is 24.3 Å². The third-order valence-corrected chi connectivity index (χ3v) is 3.04. The molecule has 0 aliphatic carbocycles. The Kier molecular flexibility index (Phi) is 4.86. The van der Waals surface area contributed by atoms with Crippen LogP contribution in [-0.2, 0) is 6.18 Å². The van der Waals surface area contributed by atoms with Gasteiger partial charge < -0.3 is 4.98 Å².